The number of aromatic nitrogens is 5. The summed E-state index contributed by atoms with van der Waals surface area (Å²) in [5.41, 5.74) is 1.78. The molecule has 0 aliphatic rings. The highest BCUT2D eigenvalue weighted by Crippen LogP contribution is 2.20. The van der Waals surface area contributed by atoms with Gasteiger partial charge in [0, 0.05) is 42.7 Å². The van der Waals surface area contributed by atoms with Gasteiger partial charge in [0.05, 0.1) is 6.54 Å². The highest BCUT2D eigenvalue weighted by molar-refractivity contribution is 5.56. The Hall–Kier alpha value is -2.83. The van der Waals surface area contributed by atoms with Crippen LogP contribution in [-0.4, -0.2) is 32.1 Å². The molecule has 0 saturated heterocycles. The first kappa shape index (κ1) is 16.0. The van der Waals surface area contributed by atoms with Crippen LogP contribution in [0.3, 0.4) is 0 Å². The maximum Gasteiger partial charge on any atom is 0.229 e. The van der Waals surface area contributed by atoms with Crippen molar-refractivity contribution in [1.82, 2.24) is 25.1 Å². The van der Waals surface area contributed by atoms with Crippen molar-refractivity contribution in [3.8, 4) is 11.4 Å². The van der Waals surface area contributed by atoms with E-state index in [9.17, 15) is 0 Å². The van der Waals surface area contributed by atoms with Gasteiger partial charge >= 0.3 is 0 Å². The molecule has 3 aromatic heterocycles. The molecule has 0 aliphatic heterocycles. The summed E-state index contributed by atoms with van der Waals surface area (Å²) in [5, 5.41) is 4.02. The van der Waals surface area contributed by atoms with Crippen molar-refractivity contribution in [2.24, 2.45) is 0 Å². The zero-order chi connectivity index (χ0) is 17.1. The lowest BCUT2D eigenvalue weighted by molar-refractivity contribution is 0.360. The third-order valence-electron chi connectivity index (χ3n) is 3.51. The Morgan fingerprint density at radius 2 is 2.04 bits per heavy atom. The number of hydrogen-bond donors (Lipinski definition) is 0. The molecule has 0 atom stereocenters. The highest BCUT2D eigenvalue weighted by Gasteiger charge is 2.14. The summed E-state index contributed by atoms with van der Waals surface area (Å²) < 4.78 is 5.25. The van der Waals surface area contributed by atoms with Gasteiger partial charge in [-0.2, -0.15) is 4.98 Å². The molecular weight excluding hydrogens is 304 g/mol. The van der Waals surface area contributed by atoms with Gasteiger partial charge in [0.2, 0.25) is 5.89 Å². The van der Waals surface area contributed by atoms with Gasteiger partial charge in [0.1, 0.15) is 5.82 Å². The molecule has 0 bridgehead atoms. The second-order valence-corrected chi connectivity index (χ2v) is 5.99. The molecule has 0 unspecified atom stereocenters. The van der Waals surface area contributed by atoms with E-state index in [4.69, 9.17) is 4.52 Å². The van der Waals surface area contributed by atoms with Crippen LogP contribution < -0.4 is 4.90 Å². The summed E-state index contributed by atoms with van der Waals surface area (Å²) in [6, 6.07) is 5.75. The zero-order valence-corrected chi connectivity index (χ0v) is 14.3. The average molecular weight is 324 g/mol. The van der Waals surface area contributed by atoms with E-state index in [1.165, 1.54) is 0 Å². The van der Waals surface area contributed by atoms with Gasteiger partial charge in [-0.1, -0.05) is 19.0 Å². The van der Waals surface area contributed by atoms with Crippen LogP contribution in [0.15, 0.2) is 35.1 Å². The second-order valence-electron chi connectivity index (χ2n) is 5.99. The molecule has 7 nitrogen and oxygen atoms in total. The smallest absolute Gasteiger partial charge is 0.229 e. The summed E-state index contributed by atoms with van der Waals surface area (Å²) >= 11 is 0. The van der Waals surface area contributed by atoms with E-state index in [0.29, 0.717) is 24.1 Å². The lowest BCUT2D eigenvalue weighted by Gasteiger charge is -2.17. The summed E-state index contributed by atoms with van der Waals surface area (Å²) in [7, 11) is 1.94. The van der Waals surface area contributed by atoms with E-state index in [1.807, 2.05) is 50.9 Å². The maximum atomic E-state index is 5.25. The van der Waals surface area contributed by atoms with Gasteiger partial charge in [0.15, 0.2) is 11.6 Å². The van der Waals surface area contributed by atoms with Crippen LogP contribution in [0.2, 0.25) is 0 Å². The normalized spacial score (nSPS) is 11.0. The Balaban J connectivity index is 1.84. The molecular formula is C17H20N6O. The molecule has 0 N–H and O–H groups in total. The van der Waals surface area contributed by atoms with Gasteiger partial charge in [-0.25, -0.2) is 9.97 Å². The Bertz CT molecular complexity index is 815. The molecule has 3 heterocycles. The fourth-order valence-electron chi connectivity index (χ4n) is 2.23. The first-order valence-corrected chi connectivity index (χ1v) is 7.82. The van der Waals surface area contributed by atoms with Crippen molar-refractivity contribution in [2.75, 3.05) is 11.9 Å². The van der Waals surface area contributed by atoms with E-state index >= 15 is 0 Å². The van der Waals surface area contributed by atoms with Crippen LogP contribution in [-0.2, 0) is 6.54 Å². The fourth-order valence-corrected chi connectivity index (χ4v) is 2.23. The van der Waals surface area contributed by atoms with Gasteiger partial charge < -0.3 is 9.42 Å². The van der Waals surface area contributed by atoms with Gasteiger partial charge in [-0.3, -0.25) is 4.98 Å². The second kappa shape index (κ2) is 6.74. The molecule has 7 heteroatoms. The maximum absolute atomic E-state index is 5.25. The molecule has 3 aromatic rings. The molecule has 0 amide bonds. The third-order valence-corrected chi connectivity index (χ3v) is 3.51. The third kappa shape index (κ3) is 3.56. The van der Waals surface area contributed by atoms with Crippen molar-refractivity contribution in [1.29, 1.82) is 0 Å². The van der Waals surface area contributed by atoms with Crippen LogP contribution in [0.4, 0.5) is 5.82 Å². The topological polar surface area (TPSA) is 80.8 Å². The van der Waals surface area contributed by atoms with Crippen molar-refractivity contribution in [3.05, 3.63) is 48.0 Å². The van der Waals surface area contributed by atoms with E-state index in [1.54, 1.807) is 12.4 Å². The van der Waals surface area contributed by atoms with Gasteiger partial charge in [-0.15, -0.1) is 0 Å². The minimum atomic E-state index is 0.218. The molecule has 0 aromatic carbocycles. The van der Waals surface area contributed by atoms with Crippen LogP contribution in [0.25, 0.3) is 11.4 Å². The monoisotopic (exact) mass is 324 g/mol. The largest absolute Gasteiger partial charge is 0.352 e. The summed E-state index contributed by atoms with van der Waals surface area (Å²) in [5.74, 6) is 2.96. The number of rotatable bonds is 5. The molecule has 0 aliphatic carbocycles. The predicted octanol–water partition coefficient (Wildman–Crippen LogP) is 2.99. The first-order chi connectivity index (χ1) is 11.5. The number of aryl methyl sites for hydroxylation is 1. The van der Waals surface area contributed by atoms with Crippen molar-refractivity contribution >= 4 is 5.82 Å². The molecule has 24 heavy (non-hydrogen) atoms. The molecule has 3 rings (SSSR count). The predicted molar refractivity (Wildman–Crippen MR) is 90.5 cm³/mol. The van der Waals surface area contributed by atoms with Crippen molar-refractivity contribution in [2.45, 2.75) is 33.2 Å². The number of pyridine rings is 1. The highest BCUT2D eigenvalue weighted by atomic mass is 16.5. The van der Waals surface area contributed by atoms with E-state index in [2.05, 4.69) is 25.1 Å². The summed E-state index contributed by atoms with van der Waals surface area (Å²) in [4.78, 5) is 19.6. The lowest BCUT2D eigenvalue weighted by Crippen LogP contribution is -2.19. The van der Waals surface area contributed by atoms with Crippen molar-refractivity contribution in [3.63, 3.8) is 0 Å². The molecule has 0 saturated carbocycles. The Morgan fingerprint density at radius 1 is 1.21 bits per heavy atom. The number of nitrogens with zero attached hydrogens (tertiary/aromatic N) is 6. The zero-order valence-electron chi connectivity index (χ0n) is 14.3. The minimum absolute atomic E-state index is 0.218. The Kier molecular flexibility index (Phi) is 4.50. The quantitative estimate of drug-likeness (QED) is 0.713. The van der Waals surface area contributed by atoms with Crippen molar-refractivity contribution < 1.29 is 4.52 Å². The van der Waals surface area contributed by atoms with E-state index in [0.717, 1.165) is 17.1 Å². The van der Waals surface area contributed by atoms with Crippen LogP contribution in [0, 0.1) is 6.92 Å². The average Bonchev–Trinajstić information content (AvgIpc) is 3.04. The lowest BCUT2D eigenvalue weighted by atomic mass is 10.2. The van der Waals surface area contributed by atoms with Crippen LogP contribution in [0.1, 0.15) is 37.2 Å². The first-order valence-electron chi connectivity index (χ1n) is 7.82. The van der Waals surface area contributed by atoms with E-state index < -0.39 is 0 Å². The molecule has 0 fully saturated rings. The SMILES string of the molecule is Cc1cc(N(C)Cc2noc(C(C)C)n2)nc(-c2cccnc2)n1. The van der Waals surface area contributed by atoms with Crippen LogP contribution in [0.5, 0.6) is 0 Å². The number of anilines is 1. The Morgan fingerprint density at radius 3 is 2.71 bits per heavy atom. The van der Waals surface area contributed by atoms with Crippen LogP contribution >= 0.6 is 0 Å². The number of hydrogen-bond acceptors (Lipinski definition) is 7. The van der Waals surface area contributed by atoms with Gasteiger partial charge in [-0.05, 0) is 19.1 Å². The summed E-state index contributed by atoms with van der Waals surface area (Å²) in [6.45, 7) is 6.51. The summed E-state index contributed by atoms with van der Waals surface area (Å²) in [6.07, 6.45) is 3.49. The van der Waals surface area contributed by atoms with Gasteiger partial charge in [0.25, 0.3) is 0 Å². The fraction of sp³-hybridized carbons (Fsp3) is 0.353. The molecule has 0 radical (unpaired) electrons. The Labute approximate surface area is 140 Å². The van der Waals surface area contributed by atoms with E-state index in [-0.39, 0.29) is 5.92 Å². The minimum Gasteiger partial charge on any atom is -0.352 e. The molecule has 124 valence electrons. The molecule has 0 spiro atoms. The standard InChI is InChI=1S/C17H20N6O/c1-11(2)17-20-14(22-24-17)10-23(4)15-8-12(3)19-16(21-15)13-6-5-7-18-9-13/h5-9,11H,10H2,1-4H3.